The van der Waals surface area contributed by atoms with Crippen LogP contribution in [0.5, 0.6) is 0 Å². The van der Waals surface area contributed by atoms with E-state index in [0.29, 0.717) is 0 Å². The highest BCUT2D eigenvalue weighted by Crippen LogP contribution is 1.97. The van der Waals surface area contributed by atoms with Gasteiger partial charge in [-0.1, -0.05) is 0 Å². The average molecular weight is 282 g/mol. The van der Waals surface area contributed by atoms with Gasteiger partial charge in [-0.15, -0.1) is 0 Å². The van der Waals surface area contributed by atoms with Crippen LogP contribution in [0.1, 0.15) is 22.5 Å². The molecule has 0 amide bonds. The van der Waals surface area contributed by atoms with Gasteiger partial charge in [0.1, 0.15) is 0 Å². The largest absolute Gasteiger partial charge is 0.473 e. The maximum absolute atomic E-state index is 9.10. The van der Waals surface area contributed by atoms with Crippen LogP contribution in [0.2, 0.25) is 0 Å². The molecule has 0 radical (unpaired) electrons. The molecule has 0 aliphatic heterocycles. The van der Waals surface area contributed by atoms with E-state index in [-0.39, 0.29) is 0 Å². The second-order valence-corrected chi connectivity index (χ2v) is 3.97. The average Bonchev–Trinajstić information content (AvgIpc) is 2.91. The molecule has 4 N–H and O–H groups in total. The van der Waals surface area contributed by atoms with E-state index in [1.54, 1.807) is 0 Å². The molecule has 0 aliphatic carbocycles. The van der Waals surface area contributed by atoms with Crippen LogP contribution in [0.25, 0.3) is 0 Å². The SMILES string of the molecule is Cc1cn[nH]c1C.Cc1cn[nH]c1C.O=C(O)C(=O)O. The Hall–Kier alpha value is -2.64. The van der Waals surface area contributed by atoms with Crippen molar-refractivity contribution in [2.75, 3.05) is 0 Å². The highest BCUT2D eigenvalue weighted by molar-refractivity contribution is 6.27. The van der Waals surface area contributed by atoms with Crippen molar-refractivity contribution in [2.24, 2.45) is 0 Å². The lowest BCUT2D eigenvalue weighted by Gasteiger charge is -1.78. The number of H-pyrrole nitrogens is 2. The first-order chi connectivity index (χ1) is 9.25. The number of carbonyl (C=O) groups is 2. The molecule has 20 heavy (non-hydrogen) atoms. The van der Waals surface area contributed by atoms with Crippen molar-refractivity contribution >= 4 is 11.9 Å². The summed E-state index contributed by atoms with van der Waals surface area (Å²) in [6, 6.07) is 0. The van der Waals surface area contributed by atoms with Crippen LogP contribution in [0.4, 0.5) is 0 Å². The lowest BCUT2D eigenvalue weighted by atomic mass is 10.3. The van der Waals surface area contributed by atoms with Crippen molar-refractivity contribution in [3.8, 4) is 0 Å². The van der Waals surface area contributed by atoms with Crippen LogP contribution in [0, 0.1) is 27.7 Å². The fourth-order valence-electron chi connectivity index (χ4n) is 0.822. The summed E-state index contributed by atoms with van der Waals surface area (Å²) in [7, 11) is 0. The third-order valence-electron chi connectivity index (χ3n) is 2.35. The maximum Gasteiger partial charge on any atom is 0.414 e. The molecule has 8 heteroatoms. The van der Waals surface area contributed by atoms with Crippen molar-refractivity contribution in [3.05, 3.63) is 34.9 Å². The number of aliphatic carboxylic acids is 2. The van der Waals surface area contributed by atoms with Gasteiger partial charge >= 0.3 is 11.9 Å². The normalized spacial score (nSPS) is 8.80. The first kappa shape index (κ1) is 17.4. The Kier molecular flexibility index (Phi) is 7.34. The molecule has 110 valence electrons. The van der Waals surface area contributed by atoms with Crippen LogP contribution in [0.3, 0.4) is 0 Å². The number of aryl methyl sites for hydroxylation is 4. The zero-order chi connectivity index (χ0) is 15.7. The van der Waals surface area contributed by atoms with Crippen LogP contribution < -0.4 is 0 Å². The number of rotatable bonds is 0. The minimum Gasteiger partial charge on any atom is -0.473 e. The van der Waals surface area contributed by atoms with Gasteiger partial charge in [-0.25, -0.2) is 9.59 Å². The third-order valence-corrected chi connectivity index (χ3v) is 2.35. The Morgan fingerprint density at radius 1 is 0.850 bits per heavy atom. The maximum atomic E-state index is 9.10. The van der Waals surface area contributed by atoms with Crippen LogP contribution in [-0.2, 0) is 9.59 Å². The number of aromatic amines is 2. The van der Waals surface area contributed by atoms with Gasteiger partial charge in [-0.3, -0.25) is 10.2 Å². The molecule has 2 aromatic heterocycles. The predicted molar refractivity (Wildman–Crippen MR) is 71.4 cm³/mol. The Morgan fingerprint density at radius 2 is 1.15 bits per heavy atom. The number of nitrogens with one attached hydrogen (secondary N) is 2. The molecule has 0 aromatic carbocycles. The van der Waals surface area contributed by atoms with Gasteiger partial charge in [0.2, 0.25) is 0 Å². The first-order valence-electron chi connectivity index (χ1n) is 5.65. The Labute approximate surface area is 115 Å². The molecule has 0 saturated carbocycles. The molecule has 0 bridgehead atoms. The molecule has 8 nitrogen and oxygen atoms in total. The van der Waals surface area contributed by atoms with Gasteiger partial charge in [0, 0.05) is 11.4 Å². The molecule has 2 rings (SSSR count). The van der Waals surface area contributed by atoms with Crippen molar-refractivity contribution in [2.45, 2.75) is 27.7 Å². The molecular formula is C12H18N4O4. The smallest absolute Gasteiger partial charge is 0.414 e. The summed E-state index contributed by atoms with van der Waals surface area (Å²) in [6.45, 7) is 8.06. The summed E-state index contributed by atoms with van der Waals surface area (Å²) in [5.41, 5.74) is 4.75. The zero-order valence-electron chi connectivity index (χ0n) is 11.8. The van der Waals surface area contributed by atoms with Gasteiger partial charge in [-0.05, 0) is 38.8 Å². The number of carboxylic acids is 2. The van der Waals surface area contributed by atoms with Gasteiger partial charge in [0.25, 0.3) is 0 Å². The van der Waals surface area contributed by atoms with Crippen LogP contribution in [0.15, 0.2) is 12.4 Å². The Morgan fingerprint density at radius 3 is 1.20 bits per heavy atom. The molecule has 0 aliphatic rings. The van der Waals surface area contributed by atoms with Gasteiger partial charge in [0.15, 0.2) is 0 Å². The van der Waals surface area contributed by atoms with Crippen LogP contribution in [-0.4, -0.2) is 42.5 Å². The second kappa shape index (κ2) is 8.46. The quantitative estimate of drug-likeness (QED) is 0.537. The van der Waals surface area contributed by atoms with E-state index in [1.807, 2.05) is 40.1 Å². The number of aromatic nitrogens is 4. The van der Waals surface area contributed by atoms with Gasteiger partial charge in [0.05, 0.1) is 12.4 Å². The minimum atomic E-state index is -1.82. The minimum absolute atomic E-state index is 1.15. The number of hydrogen-bond acceptors (Lipinski definition) is 4. The first-order valence-corrected chi connectivity index (χ1v) is 5.65. The van der Waals surface area contributed by atoms with Crippen molar-refractivity contribution in [3.63, 3.8) is 0 Å². The zero-order valence-corrected chi connectivity index (χ0v) is 11.8. The fraction of sp³-hybridized carbons (Fsp3) is 0.333. The van der Waals surface area contributed by atoms with E-state index < -0.39 is 11.9 Å². The molecule has 0 saturated heterocycles. The van der Waals surface area contributed by atoms with Crippen LogP contribution >= 0.6 is 0 Å². The van der Waals surface area contributed by atoms with E-state index in [0.717, 1.165) is 11.4 Å². The second-order valence-electron chi connectivity index (χ2n) is 3.97. The number of hydrogen-bond donors (Lipinski definition) is 4. The molecular weight excluding hydrogens is 264 g/mol. The number of carboxylic acid groups (broad SMARTS) is 2. The summed E-state index contributed by atoms with van der Waals surface area (Å²) >= 11 is 0. The van der Waals surface area contributed by atoms with Gasteiger partial charge in [-0.2, -0.15) is 10.2 Å². The lowest BCUT2D eigenvalue weighted by Crippen LogP contribution is -2.09. The highest BCUT2D eigenvalue weighted by atomic mass is 16.4. The third kappa shape index (κ3) is 6.94. The summed E-state index contributed by atoms with van der Waals surface area (Å²) in [4.78, 5) is 18.2. The van der Waals surface area contributed by atoms with E-state index >= 15 is 0 Å². The van der Waals surface area contributed by atoms with E-state index in [4.69, 9.17) is 19.8 Å². The monoisotopic (exact) mass is 282 g/mol. The Balaban J connectivity index is 0.000000272. The summed E-state index contributed by atoms with van der Waals surface area (Å²) in [5, 5.41) is 28.0. The molecule has 2 aromatic rings. The molecule has 0 spiro atoms. The number of nitrogens with zero attached hydrogens (tertiary/aromatic N) is 2. The van der Waals surface area contributed by atoms with Gasteiger partial charge < -0.3 is 10.2 Å². The summed E-state index contributed by atoms with van der Waals surface area (Å²) < 4.78 is 0. The highest BCUT2D eigenvalue weighted by Gasteiger charge is 2.04. The Bertz CT molecular complexity index is 476. The molecule has 0 unspecified atom stereocenters. The molecule has 2 heterocycles. The standard InChI is InChI=1S/2C5H8N2.C2H2O4/c2*1-4-3-6-7-5(4)2;3-1(4)2(5)6/h2*3H,1-2H3,(H,6,7);(H,3,4)(H,5,6). The van der Waals surface area contributed by atoms with Crippen molar-refractivity contribution in [1.82, 2.24) is 20.4 Å². The predicted octanol–water partition coefficient (Wildman–Crippen LogP) is 1.21. The van der Waals surface area contributed by atoms with E-state index in [2.05, 4.69) is 20.4 Å². The molecule has 0 fully saturated rings. The lowest BCUT2D eigenvalue weighted by molar-refractivity contribution is -0.159. The summed E-state index contributed by atoms with van der Waals surface area (Å²) in [6.07, 6.45) is 3.63. The van der Waals surface area contributed by atoms with E-state index in [1.165, 1.54) is 11.1 Å². The van der Waals surface area contributed by atoms with Crippen molar-refractivity contribution in [1.29, 1.82) is 0 Å². The van der Waals surface area contributed by atoms with E-state index in [9.17, 15) is 0 Å². The topological polar surface area (TPSA) is 132 Å². The fourth-order valence-corrected chi connectivity index (χ4v) is 0.822. The summed E-state index contributed by atoms with van der Waals surface area (Å²) in [5.74, 6) is -3.65. The molecule has 0 atom stereocenters. The van der Waals surface area contributed by atoms with Crippen molar-refractivity contribution < 1.29 is 19.8 Å².